The fourth-order valence-electron chi connectivity index (χ4n) is 1.25. The lowest BCUT2D eigenvalue weighted by atomic mass is 10.2. The van der Waals surface area contributed by atoms with Crippen LogP contribution in [-0.2, 0) is 0 Å². The van der Waals surface area contributed by atoms with E-state index in [2.05, 4.69) is 15.2 Å². The molecule has 2 N–H and O–H groups in total. The van der Waals surface area contributed by atoms with Crippen LogP contribution in [-0.4, -0.2) is 16.9 Å². The van der Waals surface area contributed by atoms with Crippen LogP contribution < -0.4 is 10.0 Å². The van der Waals surface area contributed by atoms with Crippen LogP contribution in [0.25, 0.3) is 11.0 Å². The Labute approximate surface area is 96.7 Å². The molecule has 0 spiro atoms. The number of para-hydroxylation sites is 1. The molecule has 0 aliphatic rings. The third kappa shape index (κ3) is 2.27. The standard InChI is InChI=1S/C10H11N3O2S/c1-2-16-13-10(14)11-9-7-5-3-4-6-8(7)15-12-9/h3-6H,2H2,1H3,(H2,11,12,13,14). The number of nitrogens with zero attached hydrogens (tertiary/aromatic N) is 1. The number of benzene rings is 1. The number of anilines is 1. The maximum Gasteiger partial charge on any atom is 0.330 e. The number of aromatic nitrogens is 1. The van der Waals surface area contributed by atoms with Crippen LogP contribution in [0.4, 0.5) is 10.6 Å². The number of hydrogen-bond acceptors (Lipinski definition) is 4. The van der Waals surface area contributed by atoms with Gasteiger partial charge in [-0.15, -0.1) is 0 Å². The summed E-state index contributed by atoms with van der Waals surface area (Å²) >= 11 is 1.32. The number of urea groups is 1. The van der Waals surface area contributed by atoms with E-state index in [1.807, 2.05) is 25.1 Å². The van der Waals surface area contributed by atoms with E-state index in [0.717, 1.165) is 11.1 Å². The molecule has 16 heavy (non-hydrogen) atoms. The van der Waals surface area contributed by atoms with E-state index >= 15 is 0 Å². The molecular formula is C10H11N3O2S. The van der Waals surface area contributed by atoms with Gasteiger partial charge < -0.3 is 4.52 Å². The Kier molecular flexibility index (Phi) is 3.31. The highest BCUT2D eigenvalue weighted by molar-refractivity contribution is 7.97. The lowest BCUT2D eigenvalue weighted by molar-refractivity contribution is 0.257. The fraction of sp³-hybridized carbons (Fsp3) is 0.200. The molecule has 5 nitrogen and oxygen atoms in total. The van der Waals surface area contributed by atoms with Crippen LogP contribution in [0.3, 0.4) is 0 Å². The highest BCUT2D eigenvalue weighted by Gasteiger charge is 2.09. The number of fused-ring (bicyclic) bond motifs is 1. The minimum Gasteiger partial charge on any atom is -0.354 e. The summed E-state index contributed by atoms with van der Waals surface area (Å²) in [5.41, 5.74) is 0.654. The predicted molar refractivity (Wildman–Crippen MR) is 64.3 cm³/mol. The second kappa shape index (κ2) is 4.89. The minimum atomic E-state index is -0.300. The molecular weight excluding hydrogens is 226 g/mol. The van der Waals surface area contributed by atoms with Crippen molar-refractivity contribution in [1.82, 2.24) is 9.88 Å². The van der Waals surface area contributed by atoms with E-state index in [1.165, 1.54) is 11.9 Å². The summed E-state index contributed by atoms with van der Waals surface area (Å²) in [5, 5.41) is 7.20. The van der Waals surface area contributed by atoms with Gasteiger partial charge in [0, 0.05) is 5.75 Å². The summed E-state index contributed by atoms with van der Waals surface area (Å²) in [7, 11) is 0. The maximum atomic E-state index is 11.4. The fourth-order valence-corrected chi connectivity index (χ4v) is 1.57. The number of carbonyl (C=O) groups is 1. The smallest absolute Gasteiger partial charge is 0.330 e. The van der Waals surface area contributed by atoms with Gasteiger partial charge in [0.15, 0.2) is 11.4 Å². The quantitative estimate of drug-likeness (QED) is 0.805. The van der Waals surface area contributed by atoms with E-state index in [-0.39, 0.29) is 6.03 Å². The van der Waals surface area contributed by atoms with Gasteiger partial charge in [0.05, 0.1) is 5.39 Å². The van der Waals surface area contributed by atoms with Gasteiger partial charge in [-0.05, 0) is 24.1 Å². The van der Waals surface area contributed by atoms with Gasteiger partial charge in [-0.2, -0.15) is 0 Å². The lowest BCUT2D eigenvalue weighted by Crippen LogP contribution is -2.23. The number of nitrogens with one attached hydrogen (secondary N) is 2. The molecule has 0 aliphatic carbocycles. The zero-order chi connectivity index (χ0) is 11.4. The molecule has 0 atom stereocenters. The first-order valence-electron chi connectivity index (χ1n) is 4.84. The molecule has 0 aliphatic heterocycles. The summed E-state index contributed by atoms with van der Waals surface area (Å²) in [6, 6.07) is 7.06. The summed E-state index contributed by atoms with van der Waals surface area (Å²) < 4.78 is 7.68. The average molecular weight is 237 g/mol. The van der Waals surface area contributed by atoms with Gasteiger partial charge in [0.2, 0.25) is 0 Å². The van der Waals surface area contributed by atoms with Gasteiger partial charge in [-0.3, -0.25) is 10.0 Å². The maximum absolute atomic E-state index is 11.4. The van der Waals surface area contributed by atoms with Crippen molar-refractivity contribution in [3.05, 3.63) is 24.3 Å². The molecule has 0 bridgehead atoms. The first kappa shape index (κ1) is 10.8. The summed E-state index contributed by atoms with van der Waals surface area (Å²) in [5.74, 6) is 1.25. The molecule has 2 aromatic rings. The van der Waals surface area contributed by atoms with E-state index in [0.29, 0.717) is 11.4 Å². The number of rotatable bonds is 3. The zero-order valence-corrected chi connectivity index (χ0v) is 9.50. The molecule has 2 rings (SSSR count). The van der Waals surface area contributed by atoms with Crippen molar-refractivity contribution < 1.29 is 9.32 Å². The first-order valence-corrected chi connectivity index (χ1v) is 5.83. The van der Waals surface area contributed by atoms with Crippen molar-refractivity contribution in [3.8, 4) is 0 Å². The zero-order valence-electron chi connectivity index (χ0n) is 8.69. The first-order chi connectivity index (χ1) is 7.81. The Morgan fingerprint density at radius 1 is 1.50 bits per heavy atom. The van der Waals surface area contributed by atoms with E-state index in [4.69, 9.17) is 4.52 Å². The highest BCUT2D eigenvalue weighted by atomic mass is 32.2. The molecule has 6 heteroatoms. The van der Waals surface area contributed by atoms with Crippen LogP contribution in [0.1, 0.15) is 6.92 Å². The van der Waals surface area contributed by atoms with Gasteiger partial charge in [0.1, 0.15) is 0 Å². The van der Waals surface area contributed by atoms with E-state index < -0.39 is 0 Å². The molecule has 84 valence electrons. The van der Waals surface area contributed by atoms with Crippen molar-refractivity contribution in [2.75, 3.05) is 11.1 Å². The van der Waals surface area contributed by atoms with E-state index in [9.17, 15) is 4.79 Å². The molecule has 1 aromatic heterocycles. The molecule has 0 fully saturated rings. The number of amides is 2. The van der Waals surface area contributed by atoms with Crippen LogP contribution in [0.5, 0.6) is 0 Å². The van der Waals surface area contributed by atoms with Gasteiger partial charge >= 0.3 is 6.03 Å². The normalized spacial score (nSPS) is 10.3. The third-order valence-corrected chi connectivity index (χ3v) is 2.54. The number of hydrogen-bond donors (Lipinski definition) is 2. The monoisotopic (exact) mass is 237 g/mol. The molecule has 0 unspecified atom stereocenters. The molecule has 1 aromatic carbocycles. The Balaban J connectivity index is 2.12. The molecule has 0 radical (unpaired) electrons. The average Bonchev–Trinajstić information content (AvgIpc) is 2.70. The third-order valence-electron chi connectivity index (χ3n) is 1.92. The predicted octanol–water partition coefficient (Wildman–Crippen LogP) is 2.62. The molecule has 1 heterocycles. The van der Waals surface area contributed by atoms with Crippen LogP contribution in [0.2, 0.25) is 0 Å². The second-order valence-corrected chi connectivity index (χ2v) is 4.09. The van der Waals surface area contributed by atoms with Crippen molar-refractivity contribution >= 4 is 34.8 Å². The molecule has 2 amide bonds. The lowest BCUT2D eigenvalue weighted by Gasteiger charge is -2.02. The van der Waals surface area contributed by atoms with Crippen molar-refractivity contribution in [3.63, 3.8) is 0 Å². The van der Waals surface area contributed by atoms with Crippen LogP contribution in [0.15, 0.2) is 28.8 Å². The Hall–Kier alpha value is -1.69. The summed E-state index contributed by atoms with van der Waals surface area (Å²) in [6.45, 7) is 1.95. The largest absolute Gasteiger partial charge is 0.354 e. The van der Waals surface area contributed by atoms with Crippen molar-refractivity contribution in [2.24, 2.45) is 0 Å². The Morgan fingerprint density at radius 3 is 3.12 bits per heavy atom. The topological polar surface area (TPSA) is 67.2 Å². The summed E-state index contributed by atoms with van der Waals surface area (Å²) in [4.78, 5) is 11.4. The SMILES string of the molecule is CCSNC(=O)Nc1noc2ccccc12. The molecule has 0 saturated heterocycles. The van der Waals surface area contributed by atoms with E-state index in [1.54, 1.807) is 6.07 Å². The van der Waals surface area contributed by atoms with Gasteiger partial charge in [-0.25, -0.2) is 4.79 Å². The van der Waals surface area contributed by atoms with Crippen LogP contribution >= 0.6 is 11.9 Å². The Morgan fingerprint density at radius 2 is 2.31 bits per heavy atom. The van der Waals surface area contributed by atoms with Gasteiger partial charge in [-0.1, -0.05) is 24.2 Å². The van der Waals surface area contributed by atoms with Crippen molar-refractivity contribution in [2.45, 2.75) is 6.92 Å². The highest BCUT2D eigenvalue weighted by Crippen LogP contribution is 2.21. The number of carbonyl (C=O) groups excluding carboxylic acids is 1. The second-order valence-electron chi connectivity index (χ2n) is 3.02. The van der Waals surface area contributed by atoms with Crippen molar-refractivity contribution in [1.29, 1.82) is 0 Å². The summed E-state index contributed by atoms with van der Waals surface area (Å²) in [6.07, 6.45) is 0. The minimum absolute atomic E-state index is 0.300. The van der Waals surface area contributed by atoms with Gasteiger partial charge in [0.25, 0.3) is 0 Å². The Bertz CT molecular complexity index is 498. The molecule has 0 saturated carbocycles. The van der Waals surface area contributed by atoms with Crippen LogP contribution in [0, 0.1) is 0 Å².